The second kappa shape index (κ2) is 11.0. The molecule has 3 aromatic carbocycles. The first-order valence-corrected chi connectivity index (χ1v) is 11.6. The number of hydrogen-bond donors (Lipinski definition) is 2. The molecule has 1 aliphatic heterocycles. The van der Waals surface area contributed by atoms with E-state index in [-0.39, 0.29) is 5.91 Å². The summed E-state index contributed by atoms with van der Waals surface area (Å²) in [4.78, 5) is 12.8. The SMILES string of the molecule is Cc1ccc(CNC(=O)c2ccc3c(c2)Cc2cccc(c2)CNCCCCCO3)cc1. The molecule has 0 aliphatic carbocycles. The highest BCUT2D eigenvalue weighted by Gasteiger charge is 2.12. The molecule has 1 amide bonds. The van der Waals surface area contributed by atoms with E-state index in [2.05, 4.69) is 66.1 Å². The Morgan fingerprint density at radius 2 is 1.81 bits per heavy atom. The van der Waals surface area contributed by atoms with Crippen LogP contribution in [0.3, 0.4) is 0 Å². The summed E-state index contributed by atoms with van der Waals surface area (Å²) in [6.07, 6.45) is 4.06. The molecule has 4 nitrogen and oxygen atoms in total. The van der Waals surface area contributed by atoms with Gasteiger partial charge in [-0.1, -0.05) is 54.1 Å². The molecule has 4 heteroatoms. The molecule has 32 heavy (non-hydrogen) atoms. The van der Waals surface area contributed by atoms with E-state index >= 15 is 0 Å². The number of hydrogen-bond acceptors (Lipinski definition) is 3. The maximum absolute atomic E-state index is 12.8. The Morgan fingerprint density at radius 3 is 2.69 bits per heavy atom. The normalized spacial score (nSPS) is 14.5. The minimum atomic E-state index is -0.0641. The first kappa shape index (κ1) is 22.1. The molecular formula is C28H32N2O2. The summed E-state index contributed by atoms with van der Waals surface area (Å²) in [5.74, 6) is 0.811. The molecule has 0 saturated heterocycles. The number of carbonyl (C=O) groups excluding carboxylic acids is 1. The van der Waals surface area contributed by atoms with Crippen molar-refractivity contribution in [2.75, 3.05) is 13.2 Å². The molecule has 166 valence electrons. The van der Waals surface area contributed by atoms with Crippen molar-refractivity contribution in [2.45, 2.75) is 45.7 Å². The molecule has 2 N–H and O–H groups in total. The van der Waals surface area contributed by atoms with Crippen molar-refractivity contribution < 1.29 is 9.53 Å². The number of nitrogens with one attached hydrogen (secondary N) is 2. The van der Waals surface area contributed by atoms with Gasteiger partial charge in [-0.15, -0.1) is 0 Å². The molecule has 0 aromatic heterocycles. The Hall–Kier alpha value is -3.11. The van der Waals surface area contributed by atoms with Gasteiger partial charge in [0.2, 0.25) is 0 Å². The monoisotopic (exact) mass is 428 g/mol. The molecule has 1 heterocycles. The molecule has 4 rings (SSSR count). The van der Waals surface area contributed by atoms with Crippen LogP contribution in [0.1, 0.15) is 57.4 Å². The van der Waals surface area contributed by atoms with E-state index in [1.54, 1.807) is 0 Å². The zero-order chi connectivity index (χ0) is 22.2. The van der Waals surface area contributed by atoms with E-state index in [0.717, 1.165) is 55.6 Å². The van der Waals surface area contributed by atoms with Gasteiger partial charge in [-0.3, -0.25) is 4.79 Å². The predicted molar refractivity (Wildman–Crippen MR) is 129 cm³/mol. The summed E-state index contributed by atoms with van der Waals surface area (Å²) in [6.45, 7) is 5.19. The highest BCUT2D eigenvalue weighted by molar-refractivity contribution is 5.94. The first-order chi connectivity index (χ1) is 15.7. The number of carbonyl (C=O) groups is 1. The molecule has 0 fully saturated rings. The summed E-state index contributed by atoms with van der Waals surface area (Å²) in [6, 6.07) is 22.7. The Balaban J connectivity index is 1.53. The van der Waals surface area contributed by atoms with Crippen LogP contribution < -0.4 is 15.4 Å². The standard InChI is InChI=1S/C28H32N2O2/c1-21-8-10-22(11-9-21)20-30-28(31)25-12-13-27-26(18-25)17-23-6-5-7-24(16-23)19-29-14-3-2-4-15-32-27/h5-13,16,18,29H,2-4,14-15,17,19-20H2,1H3,(H,30,31). The average molecular weight is 429 g/mol. The predicted octanol–water partition coefficient (Wildman–Crippen LogP) is 5.17. The Bertz CT molecular complexity index is 1040. The fraction of sp³-hybridized carbons (Fsp3) is 0.321. The second-order valence-corrected chi connectivity index (χ2v) is 8.57. The van der Waals surface area contributed by atoms with Gasteiger partial charge in [-0.2, -0.15) is 0 Å². The number of benzene rings is 3. The fourth-order valence-corrected chi connectivity index (χ4v) is 4.00. The molecule has 3 aromatic rings. The van der Waals surface area contributed by atoms with Crippen LogP contribution in [0.15, 0.2) is 66.7 Å². The largest absolute Gasteiger partial charge is 0.493 e. The molecule has 0 spiro atoms. The van der Waals surface area contributed by atoms with Crippen LogP contribution in [-0.4, -0.2) is 19.1 Å². The van der Waals surface area contributed by atoms with Gasteiger partial charge in [0.25, 0.3) is 5.91 Å². The van der Waals surface area contributed by atoms with Crippen LogP contribution >= 0.6 is 0 Å². The quantitative estimate of drug-likeness (QED) is 0.605. The van der Waals surface area contributed by atoms with Crippen molar-refractivity contribution in [1.82, 2.24) is 10.6 Å². The number of aryl methyl sites for hydroxylation is 1. The highest BCUT2D eigenvalue weighted by Crippen LogP contribution is 2.25. The zero-order valence-corrected chi connectivity index (χ0v) is 18.8. The summed E-state index contributed by atoms with van der Waals surface area (Å²) < 4.78 is 6.13. The van der Waals surface area contributed by atoms with Gasteiger partial charge in [-0.25, -0.2) is 0 Å². The summed E-state index contributed by atoms with van der Waals surface area (Å²) in [5, 5.41) is 6.57. The lowest BCUT2D eigenvalue weighted by Gasteiger charge is -2.15. The van der Waals surface area contributed by atoms with Crippen molar-refractivity contribution in [1.29, 1.82) is 0 Å². The minimum Gasteiger partial charge on any atom is -0.493 e. The van der Waals surface area contributed by atoms with Gasteiger partial charge in [0.1, 0.15) is 5.75 Å². The number of rotatable bonds is 3. The van der Waals surface area contributed by atoms with Crippen molar-refractivity contribution in [3.05, 3.63) is 100 Å². The summed E-state index contributed by atoms with van der Waals surface area (Å²) in [5.41, 5.74) is 6.54. The third-order valence-corrected chi connectivity index (χ3v) is 5.87. The van der Waals surface area contributed by atoms with E-state index in [1.165, 1.54) is 16.7 Å². The van der Waals surface area contributed by atoms with Crippen LogP contribution in [0.5, 0.6) is 5.75 Å². The molecule has 0 saturated carbocycles. The fourth-order valence-electron chi connectivity index (χ4n) is 4.00. The van der Waals surface area contributed by atoms with Crippen LogP contribution in [-0.2, 0) is 19.5 Å². The van der Waals surface area contributed by atoms with Gasteiger partial charge in [-0.05, 0) is 73.2 Å². The number of fused-ring (bicyclic) bond motifs is 3. The molecule has 2 bridgehead atoms. The molecule has 0 unspecified atom stereocenters. The number of ether oxygens (including phenoxy) is 1. The third kappa shape index (κ3) is 6.21. The van der Waals surface area contributed by atoms with Gasteiger partial charge < -0.3 is 15.4 Å². The van der Waals surface area contributed by atoms with Crippen molar-refractivity contribution in [3.63, 3.8) is 0 Å². The Morgan fingerprint density at radius 1 is 0.969 bits per heavy atom. The smallest absolute Gasteiger partial charge is 0.251 e. The van der Waals surface area contributed by atoms with Gasteiger partial charge in [0.05, 0.1) is 6.61 Å². The molecular weight excluding hydrogens is 396 g/mol. The highest BCUT2D eigenvalue weighted by atomic mass is 16.5. The van der Waals surface area contributed by atoms with Crippen LogP contribution in [0.25, 0.3) is 0 Å². The van der Waals surface area contributed by atoms with Crippen molar-refractivity contribution in [2.24, 2.45) is 0 Å². The van der Waals surface area contributed by atoms with Gasteiger partial charge in [0, 0.05) is 25.1 Å². The second-order valence-electron chi connectivity index (χ2n) is 8.57. The number of amides is 1. The maximum atomic E-state index is 12.8. The van der Waals surface area contributed by atoms with Gasteiger partial charge >= 0.3 is 0 Å². The Kier molecular flexibility index (Phi) is 7.57. The first-order valence-electron chi connectivity index (χ1n) is 11.6. The summed E-state index contributed by atoms with van der Waals surface area (Å²) in [7, 11) is 0. The van der Waals surface area contributed by atoms with Gasteiger partial charge in [0.15, 0.2) is 0 Å². The van der Waals surface area contributed by atoms with Crippen LogP contribution in [0, 0.1) is 6.92 Å². The topological polar surface area (TPSA) is 50.4 Å². The van der Waals surface area contributed by atoms with E-state index < -0.39 is 0 Å². The maximum Gasteiger partial charge on any atom is 0.251 e. The zero-order valence-electron chi connectivity index (χ0n) is 18.8. The molecule has 0 radical (unpaired) electrons. The van der Waals surface area contributed by atoms with E-state index in [4.69, 9.17) is 4.74 Å². The summed E-state index contributed by atoms with van der Waals surface area (Å²) >= 11 is 0. The molecule has 0 atom stereocenters. The van der Waals surface area contributed by atoms with E-state index in [9.17, 15) is 4.79 Å². The van der Waals surface area contributed by atoms with Crippen molar-refractivity contribution >= 4 is 5.91 Å². The molecule has 1 aliphatic rings. The van der Waals surface area contributed by atoms with E-state index in [1.807, 2.05) is 18.2 Å². The van der Waals surface area contributed by atoms with Crippen molar-refractivity contribution in [3.8, 4) is 5.75 Å². The van der Waals surface area contributed by atoms with Crippen LogP contribution in [0.2, 0.25) is 0 Å². The van der Waals surface area contributed by atoms with E-state index in [0.29, 0.717) is 18.7 Å². The minimum absolute atomic E-state index is 0.0641. The third-order valence-electron chi connectivity index (χ3n) is 5.87. The lowest BCUT2D eigenvalue weighted by atomic mass is 9.99. The lowest BCUT2D eigenvalue weighted by molar-refractivity contribution is 0.0950. The van der Waals surface area contributed by atoms with Crippen LogP contribution in [0.4, 0.5) is 0 Å². The lowest BCUT2D eigenvalue weighted by Crippen LogP contribution is -2.23. The Labute approximate surface area is 191 Å². The average Bonchev–Trinajstić information content (AvgIpc) is 2.81.